The van der Waals surface area contributed by atoms with Crippen LogP contribution >= 0.6 is 11.3 Å². The highest BCUT2D eigenvalue weighted by molar-refractivity contribution is 7.10. The van der Waals surface area contributed by atoms with Gasteiger partial charge in [-0.15, -0.1) is 16.4 Å². The van der Waals surface area contributed by atoms with Gasteiger partial charge >= 0.3 is 0 Å². The fourth-order valence-electron chi connectivity index (χ4n) is 3.86. The van der Waals surface area contributed by atoms with E-state index in [0.717, 1.165) is 17.7 Å². The zero-order chi connectivity index (χ0) is 22.1. The van der Waals surface area contributed by atoms with Crippen LogP contribution in [0.4, 0.5) is 5.69 Å². The third kappa shape index (κ3) is 3.80. The van der Waals surface area contributed by atoms with Crippen LogP contribution in [0.5, 0.6) is 0 Å². The zero-order valence-electron chi connectivity index (χ0n) is 17.5. The molecule has 160 valence electrons. The minimum absolute atomic E-state index is 0.0227. The third-order valence-electron chi connectivity index (χ3n) is 5.65. The van der Waals surface area contributed by atoms with Crippen molar-refractivity contribution in [2.75, 3.05) is 11.9 Å². The van der Waals surface area contributed by atoms with Crippen LogP contribution < -0.4 is 5.32 Å². The molecule has 1 aliphatic rings. The molecule has 32 heavy (non-hydrogen) atoms. The molecule has 8 heteroatoms. The molecule has 0 unspecified atom stereocenters. The molecule has 0 atom stereocenters. The first kappa shape index (κ1) is 20.1. The molecule has 0 radical (unpaired) electrons. The van der Waals surface area contributed by atoms with Crippen molar-refractivity contribution in [3.05, 3.63) is 93.4 Å². The van der Waals surface area contributed by atoms with Gasteiger partial charge in [0.25, 0.3) is 11.8 Å². The standard InChI is InChI=1S/C24H21N5O2S/c1-16-19(24(31)28-12-10-22-17(14-28)11-13-32-22)8-5-9-20(16)25-23(30)21-15-29(27-26-21)18-6-3-2-4-7-18/h2-9,11,13,15H,10,12,14H2,1H3,(H,25,30). The van der Waals surface area contributed by atoms with E-state index in [2.05, 4.69) is 27.1 Å². The van der Waals surface area contributed by atoms with Gasteiger partial charge in [0.15, 0.2) is 5.69 Å². The maximum Gasteiger partial charge on any atom is 0.277 e. The topological polar surface area (TPSA) is 80.1 Å². The van der Waals surface area contributed by atoms with Gasteiger partial charge in [-0.1, -0.05) is 29.5 Å². The Labute approximate surface area is 189 Å². The van der Waals surface area contributed by atoms with Gasteiger partial charge in [0.2, 0.25) is 0 Å². The van der Waals surface area contributed by atoms with E-state index in [1.165, 1.54) is 10.4 Å². The summed E-state index contributed by atoms with van der Waals surface area (Å²) in [6.07, 6.45) is 2.46. The van der Waals surface area contributed by atoms with Crippen LogP contribution in [-0.2, 0) is 13.0 Å². The maximum atomic E-state index is 13.2. The average Bonchev–Trinajstić information content (AvgIpc) is 3.50. The van der Waals surface area contributed by atoms with Crippen molar-refractivity contribution >= 4 is 28.8 Å². The van der Waals surface area contributed by atoms with Crippen LogP contribution in [0.25, 0.3) is 5.69 Å². The number of rotatable bonds is 4. The van der Waals surface area contributed by atoms with Crippen molar-refractivity contribution in [3.8, 4) is 5.69 Å². The molecule has 1 aliphatic heterocycles. The van der Waals surface area contributed by atoms with E-state index >= 15 is 0 Å². The van der Waals surface area contributed by atoms with E-state index < -0.39 is 0 Å². The van der Waals surface area contributed by atoms with Gasteiger partial charge in [-0.05, 0) is 60.2 Å². The molecule has 7 nitrogen and oxygen atoms in total. The fraction of sp³-hybridized carbons (Fsp3) is 0.167. The van der Waals surface area contributed by atoms with Gasteiger partial charge < -0.3 is 10.2 Å². The lowest BCUT2D eigenvalue weighted by molar-refractivity contribution is 0.0735. The van der Waals surface area contributed by atoms with Crippen molar-refractivity contribution in [3.63, 3.8) is 0 Å². The Hall–Kier alpha value is -3.78. The number of carbonyl (C=O) groups excluding carboxylic acids is 2. The Bertz CT molecular complexity index is 1290. The smallest absolute Gasteiger partial charge is 0.277 e. The average molecular weight is 444 g/mol. The normalized spacial score (nSPS) is 13.0. The Kier molecular flexibility index (Phi) is 5.28. The van der Waals surface area contributed by atoms with Gasteiger partial charge in [0.05, 0.1) is 11.9 Å². The quantitative estimate of drug-likeness (QED) is 0.515. The molecule has 2 aromatic carbocycles. The van der Waals surface area contributed by atoms with Crippen LogP contribution in [0.3, 0.4) is 0 Å². The number of hydrogen-bond donors (Lipinski definition) is 1. The summed E-state index contributed by atoms with van der Waals surface area (Å²) >= 11 is 1.75. The van der Waals surface area contributed by atoms with Gasteiger partial charge in [-0.2, -0.15) is 0 Å². The van der Waals surface area contributed by atoms with Crippen LogP contribution in [0.15, 0.2) is 66.2 Å². The van der Waals surface area contributed by atoms with E-state index in [-0.39, 0.29) is 17.5 Å². The fourth-order valence-corrected chi connectivity index (χ4v) is 4.75. The molecular formula is C24H21N5O2S. The van der Waals surface area contributed by atoms with Crippen molar-refractivity contribution < 1.29 is 9.59 Å². The zero-order valence-corrected chi connectivity index (χ0v) is 18.3. The molecule has 0 aliphatic carbocycles. The van der Waals surface area contributed by atoms with Gasteiger partial charge in [0.1, 0.15) is 0 Å². The van der Waals surface area contributed by atoms with Crippen molar-refractivity contribution in [1.29, 1.82) is 0 Å². The summed E-state index contributed by atoms with van der Waals surface area (Å²) < 4.78 is 1.55. The van der Waals surface area contributed by atoms with Crippen LogP contribution in [-0.4, -0.2) is 38.3 Å². The second kappa shape index (κ2) is 8.39. The lowest BCUT2D eigenvalue weighted by atomic mass is 10.0. The Morgan fingerprint density at radius 2 is 1.91 bits per heavy atom. The summed E-state index contributed by atoms with van der Waals surface area (Å²) in [4.78, 5) is 29.2. The highest BCUT2D eigenvalue weighted by atomic mass is 32.1. The number of para-hydroxylation sites is 1. The first-order valence-electron chi connectivity index (χ1n) is 10.3. The number of nitrogens with zero attached hydrogens (tertiary/aromatic N) is 4. The van der Waals surface area contributed by atoms with Gasteiger partial charge in [0, 0.05) is 29.2 Å². The molecule has 0 fully saturated rings. The molecule has 0 bridgehead atoms. The number of benzene rings is 2. The lowest BCUT2D eigenvalue weighted by Gasteiger charge is -2.28. The van der Waals surface area contributed by atoms with Crippen LogP contribution in [0, 0.1) is 6.92 Å². The SMILES string of the molecule is Cc1c(NC(=O)c2cn(-c3ccccc3)nn2)cccc1C(=O)N1CCc2sccc2C1. The third-order valence-corrected chi connectivity index (χ3v) is 6.68. The highest BCUT2D eigenvalue weighted by Crippen LogP contribution is 2.27. The predicted octanol–water partition coefficient (Wildman–Crippen LogP) is 4.09. The number of hydrogen-bond acceptors (Lipinski definition) is 5. The molecule has 3 heterocycles. The number of fused-ring (bicyclic) bond motifs is 1. The molecule has 0 saturated heterocycles. The monoisotopic (exact) mass is 443 g/mol. The minimum Gasteiger partial charge on any atom is -0.334 e. The van der Waals surface area contributed by atoms with E-state index in [1.807, 2.05) is 48.2 Å². The first-order chi connectivity index (χ1) is 15.6. The largest absolute Gasteiger partial charge is 0.334 e. The van der Waals surface area contributed by atoms with Crippen LogP contribution in [0.1, 0.15) is 36.9 Å². The van der Waals surface area contributed by atoms with Crippen molar-refractivity contribution in [2.45, 2.75) is 19.9 Å². The predicted molar refractivity (Wildman–Crippen MR) is 123 cm³/mol. The van der Waals surface area contributed by atoms with E-state index in [1.54, 1.807) is 34.3 Å². The first-order valence-corrected chi connectivity index (χ1v) is 11.2. The molecule has 0 spiro atoms. The molecular weight excluding hydrogens is 422 g/mol. The summed E-state index contributed by atoms with van der Waals surface area (Å²) in [6.45, 7) is 3.17. The van der Waals surface area contributed by atoms with Gasteiger partial charge in [-0.3, -0.25) is 9.59 Å². The summed E-state index contributed by atoms with van der Waals surface area (Å²) in [6, 6.07) is 16.9. The maximum absolute atomic E-state index is 13.2. The van der Waals surface area contributed by atoms with Crippen LogP contribution in [0.2, 0.25) is 0 Å². The summed E-state index contributed by atoms with van der Waals surface area (Å²) in [5.41, 5.74) is 4.15. The molecule has 2 amide bonds. The number of aromatic nitrogens is 3. The van der Waals surface area contributed by atoms with Crippen molar-refractivity contribution in [1.82, 2.24) is 19.9 Å². The summed E-state index contributed by atoms with van der Waals surface area (Å²) in [5, 5.41) is 13.0. The Morgan fingerprint density at radius 1 is 1.06 bits per heavy atom. The lowest BCUT2D eigenvalue weighted by Crippen LogP contribution is -2.35. The summed E-state index contributed by atoms with van der Waals surface area (Å²) in [5.74, 6) is -0.397. The van der Waals surface area contributed by atoms with E-state index in [9.17, 15) is 9.59 Å². The molecule has 4 aromatic rings. The molecule has 5 rings (SSSR count). The number of carbonyl (C=O) groups is 2. The van der Waals surface area contributed by atoms with Crippen molar-refractivity contribution in [2.24, 2.45) is 0 Å². The Balaban J connectivity index is 1.33. The number of amides is 2. The minimum atomic E-state index is -0.374. The number of nitrogens with one attached hydrogen (secondary N) is 1. The van der Waals surface area contributed by atoms with E-state index in [0.29, 0.717) is 24.3 Å². The molecule has 0 saturated carbocycles. The molecule has 2 aromatic heterocycles. The van der Waals surface area contributed by atoms with E-state index in [4.69, 9.17) is 0 Å². The Morgan fingerprint density at radius 3 is 2.75 bits per heavy atom. The molecule has 1 N–H and O–H groups in total. The highest BCUT2D eigenvalue weighted by Gasteiger charge is 2.24. The number of thiophene rings is 1. The van der Waals surface area contributed by atoms with Gasteiger partial charge in [-0.25, -0.2) is 4.68 Å². The number of anilines is 1. The summed E-state index contributed by atoms with van der Waals surface area (Å²) in [7, 11) is 0. The second-order valence-corrected chi connectivity index (χ2v) is 8.66. The second-order valence-electron chi connectivity index (χ2n) is 7.66.